The van der Waals surface area contributed by atoms with Gasteiger partial charge in [-0.1, -0.05) is 37.3 Å². The number of carboxylic acid groups (broad SMARTS) is 1. The van der Waals surface area contributed by atoms with E-state index in [1.54, 1.807) is 6.20 Å². The fraction of sp³-hybridized carbons (Fsp3) is 0.316. The SMILES string of the molecule is C[C@]1(c2ccccc2)CCN(c2cc(CO)c3nc(C(=O)O)nn3c2)C1. The van der Waals surface area contributed by atoms with Crippen molar-refractivity contribution < 1.29 is 15.0 Å². The second kappa shape index (κ2) is 6.10. The summed E-state index contributed by atoms with van der Waals surface area (Å²) in [6, 6.07) is 12.3. The molecule has 4 rings (SSSR count). The van der Waals surface area contributed by atoms with Crippen molar-refractivity contribution in [2.24, 2.45) is 0 Å². The van der Waals surface area contributed by atoms with Crippen molar-refractivity contribution in [3.8, 4) is 0 Å². The van der Waals surface area contributed by atoms with Crippen LogP contribution in [-0.4, -0.2) is 43.9 Å². The van der Waals surface area contributed by atoms with E-state index in [-0.39, 0.29) is 17.8 Å². The first-order valence-corrected chi connectivity index (χ1v) is 8.54. The number of hydrogen-bond acceptors (Lipinski definition) is 5. The lowest BCUT2D eigenvalue weighted by Gasteiger charge is -2.26. The fourth-order valence-electron chi connectivity index (χ4n) is 3.68. The molecule has 0 bridgehead atoms. The van der Waals surface area contributed by atoms with Crippen molar-refractivity contribution in [2.75, 3.05) is 18.0 Å². The van der Waals surface area contributed by atoms with E-state index < -0.39 is 5.97 Å². The molecule has 1 saturated heterocycles. The summed E-state index contributed by atoms with van der Waals surface area (Å²) in [5.74, 6) is -1.45. The number of carboxylic acids is 1. The van der Waals surface area contributed by atoms with Crippen molar-refractivity contribution in [3.05, 3.63) is 59.5 Å². The number of aromatic nitrogens is 3. The van der Waals surface area contributed by atoms with Crippen LogP contribution >= 0.6 is 0 Å². The molecule has 0 spiro atoms. The van der Waals surface area contributed by atoms with Gasteiger partial charge in [0.05, 0.1) is 18.5 Å². The Hall–Kier alpha value is -2.93. The van der Waals surface area contributed by atoms with Gasteiger partial charge in [0.15, 0.2) is 5.65 Å². The Morgan fingerprint density at radius 1 is 1.31 bits per heavy atom. The number of aliphatic hydroxyl groups is 1. The molecule has 1 aromatic carbocycles. The summed E-state index contributed by atoms with van der Waals surface area (Å²) in [6.07, 6.45) is 2.80. The van der Waals surface area contributed by atoms with Gasteiger partial charge in [-0.2, -0.15) is 0 Å². The van der Waals surface area contributed by atoms with Crippen LogP contribution in [0.4, 0.5) is 5.69 Å². The predicted octanol–water partition coefficient (Wildman–Crippen LogP) is 2.09. The Labute approximate surface area is 150 Å². The summed E-state index contributed by atoms with van der Waals surface area (Å²) in [7, 11) is 0. The van der Waals surface area contributed by atoms with E-state index in [9.17, 15) is 9.90 Å². The minimum absolute atomic E-state index is 0.0458. The van der Waals surface area contributed by atoms with Crippen molar-refractivity contribution in [1.82, 2.24) is 14.6 Å². The molecule has 0 amide bonds. The van der Waals surface area contributed by atoms with Crippen molar-refractivity contribution >= 4 is 17.3 Å². The van der Waals surface area contributed by atoms with Crippen LogP contribution in [0.15, 0.2) is 42.6 Å². The Morgan fingerprint density at radius 2 is 2.08 bits per heavy atom. The molecular weight excluding hydrogens is 332 g/mol. The zero-order valence-electron chi connectivity index (χ0n) is 14.5. The van der Waals surface area contributed by atoms with Crippen LogP contribution in [0, 0.1) is 0 Å². The standard InChI is InChI=1S/C19H20N4O3/c1-19(14-5-3-2-4-6-14)7-8-22(12-19)15-9-13(11-24)17-20-16(18(25)26)21-23(17)10-15/h2-6,9-10,24H,7-8,11-12H2,1H3,(H,25,26)/t19-/m0/s1. The van der Waals surface area contributed by atoms with Gasteiger partial charge in [-0.15, -0.1) is 5.10 Å². The van der Waals surface area contributed by atoms with Crippen LogP contribution in [0.25, 0.3) is 5.65 Å². The largest absolute Gasteiger partial charge is 0.475 e. The summed E-state index contributed by atoms with van der Waals surface area (Å²) >= 11 is 0. The number of aromatic carboxylic acids is 1. The van der Waals surface area contributed by atoms with E-state index in [0.717, 1.165) is 25.2 Å². The number of aliphatic hydroxyl groups excluding tert-OH is 1. The number of nitrogens with zero attached hydrogens (tertiary/aromatic N) is 4. The molecule has 0 radical (unpaired) electrons. The number of hydrogen-bond donors (Lipinski definition) is 2. The van der Waals surface area contributed by atoms with E-state index >= 15 is 0 Å². The molecule has 1 fully saturated rings. The van der Waals surface area contributed by atoms with Gasteiger partial charge in [0.25, 0.3) is 5.82 Å². The van der Waals surface area contributed by atoms with Crippen LogP contribution in [0.3, 0.4) is 0 Å². The molecule has 1 aliphatic rings. The number of pyridine rings is 1. The molecule has 0 saturated carbocycles. The molecular formula is C19H20N4O3. The third-order valence-electron chi connectivity index (χ3n) is 5.17. The maximum absolute atomic E-state index is 11.1. The van der Waals surface area contributed by atoms with E-state index in [1.165, 1.54) is 10.1 Å². The molecule has 0 aliphatic carbocycles. The number of fused-ring (bicyclic) bond motifs is 1. The lowest BCUT2D eigenvalue weighted by atomic mass is 9.82. The van der Waals surface area contributed by atoms with Gasteiger partial charge in [-0.25, -0.2) is 14.3 Å². The number of rotatable bonds is 4. The average molecular weight is 352 g/mol. The van der Waals surface area contributed by atoms with Gasteiger partial charge in [0.1, 0.15) is 0 Å². The molecule has 1 aliphatic heterocycles. The lowest BCUT2D eigenvalue weighted by Crippen LogP contribution is -2.28. The highest BCUT2D eigenvalue weighted by Gasteiger charge is 2.35. The van der Waals surface area contributed by atoms with E-state index in [4.69, 9.17) is 5.11 Å². The minimum Gasteiger partial charge on any atom is -0.475 e. The maximum Gasteiger partial charge on any atom is 0.375 e. The number of anilines is 1. The zero-order valence-corrected chi connectivity index (χ0v) is 14.5. The highest BCUT2D eigenvalue weighted by molar-refractivity contribution is 5.84. The molecule has 134 valence electrons. The van der Waals surface area contributed by atoms with Crippen molar-refractivity contribution in [1.29, 1.82) is 0 Å². The first kappa shape index (κ1) is 16.5. The molecule has 26 heavy (non-hydrogen) atoms. The molecule has 0 unspecified atom stereocenters. The Bertz CT molecular complexity index is 970. The average Bonchev–Trinajstić information content (AvgIpc) is 3.26. The van der Waals surface area contributed by atoms with Crippen LogP contribution in [0.2, 0.25) is 0 Å². The molecule has 7 heteroatoms. The number of benzene rings is 1. The molecule has 3 heterocycles. The molecule has 1 atom stereocenters. The van der Waals surface area contributed by atoms with Crippen LogP contribution in [0.5, 0.6) is 0 Å². The monoisotopic (exact) mass is 352 g/mol. The van der Waals surface area contributed by atoms with Gasteiger partial charge in [-0.3, -0.25) is 0 Å². The lowest BCUT2D eigenvalue weighted by molar-refractivity contribution is 0.0684. The van der Waals surface area contributed by atoms with Crippen LogP contribution in [-0.2, 0) is 12.0 Å². The number of carbonyl (C=O) groups is 1. The summed E-state index contributed by atoms with van der Waals surface area (Å²) in [5, 5.41) is 22.8. The van der Waals surface area contributed by atoms with Gasteiger partial charge >= 0.3 is 5.97 Å². The minimum atomic E-state index is -1.18. The summed E-state index contributed by atoms with van der Waals surface area (Å²) in [5.41, 5.74) is 3.20. The van der Waals surface area contributed by atoms with Crippen LogP contribution < -0.4 is 4.90 Å². The smallest absolute Gasteiger partial charge is 0.375 e. The molecule has 2 aromatic heterocycles. The third-order valence-corrected chi connectivity index (χ3v) is 5.17. The second-order valence-corrected chi connectivity index (χ2v) is 6.99. The first-order chi connectivity index (χ1) is 12.5. The Balaban J connectivity index is 1.70. The van der Waals surface area contributed by atoms with Gasteiger partial charge in [0.2, 0.25) is 0 Å². The zero-order chi connectivity index (χ0) is 18.3. The Kier molecular flexibility index (Phi) is 3.88. The Morgan fingerprint density at radius 3 is 2.77 bits per heavy atom. The highest BCUT2D eigenvalue weighted by Crippen LogP contribution is 2.36. The second-order valence-electron chi connectivity index (χ2n) is 6.99. The van der Waals surface area contributed by atoms with Gasteiger partial charge in [-0.05, 0) is 18.1 Å². The normalized spacial score (nSPS) is 20.0. The van der Waals surface area contributed by atoms with Gasteiger partial charge < -0.3 is 15.1 Å². The molecule has 7 nitrogen and oxygen atoms in total. The fourth-order valence-corrected chi connectivity index (χ4v) is 3.68. The maximum atomic E-state index is 11.1. The van der Waals surface area contributed by atoms with Crippen molar-refractivity contribution in [2.45, 2.75) is 25.4 Å². The van der Waals surface area contributed by atoms with Gasteiger partial charge in [0, 0.05) is 24.1 Å². The topological polar surface area (TPSA) is 91.0 Å². The van der Waals surface area contributed by atoms with Crippen LogP contribution in [0.1, 0.15) is 35.1 Å². The summed E-state index contributed by atoms with van der Waals surface area (Å²) in [6.45, 7) is 3.75. The van der Waals surface area contributed by atoms with E-state index in [0.29, 0.717) is 11.2 Å². The van der Waals surface area contributed by atoms with Crippen molar-refractivity contribution in [3.63, 3.8) is 0 Å². The summed E-state index contributed by atoms with van der Waals surface area (Å²) in [4.78, 5) is 17.4. The van der Waals surface area contributed by atoms with E-state index in [1.807, 2.05) is 12.1 Å². The summed E-state index contributed by atoms with van der Waals surface area (Å²) < 4.78 is 1.45. The third kappa shape index (κ3) is 2.70. The first-order valence-electron chi connectivity index (χ1n) is 8.54. The predicted molar refractivity (Wildman–Crippen MR) is 96.5 cm³/mol. The quantitative estimate of drug-likeness (QED) is 0.747. The molecule has 3 aromatic rings. The van der Waals surface area contributed by atoms with E-state index in [2.05, 4.69) is 46.2 Å². The molecule has 2 N–H and O–H groups in total. The highest BCUT2D eigenvalue weighted by atomic mass is 16.4.